The molecule has 0 amide bonds. The van der Waals surface area contributed by atoms with Crippen LogP contribution in [0.4, 0.5) is 0 Å². The fourth-order valence-electron chi connectivity index (χ4n) is 2.15. The summed E-state index contributed by atoms with van der Waals surface area (Å²) in [6.07, 6.45) is 0.688. The number of phenolic OH excluding ortho intramolecular Hbond substituents is 1. The second-order valence-corrected chi connectivity index (χ2v) is 5.06. The molecule has 0 aliphatic rings. The number of carbonyl (C=O) groups is 1. The van der Waals surface area contributed by atoms with Gasteiger partial charge in [-0.05, 0) is 30.2 Å². The van der Waals surface area contributed by atoms with Crippen molar-refractivity contribution in [3.8, 4) is 11.5 Å². The largest absolute Gasteiger partial charge is 0.504 e. The van der Waals surface area contributed by atoms with Crippen molar-refractivity contribution in [3.63, 3.8) is 0 Å². The molecule has 0 spiro atoms. The lowest BCUT2D eigenvalue weighted by Gasteiger charge is -2.13. The number of aromatic hydroxyl groups is 1. The third-order valence-electron chi connectivity index (χ3n) is 3.53. The monoisotopic (exact) mass is 300 g/mol. The molecule has 2 aromatic carbocycles. The molecule has 0 saturated heterocycles. The number of phenols is 1. The van der Waals surface area contributed by atoms with Crippen molar-refractivity contribution >= 4 is 5.97 Å². The first-order valence-corrected chi connectivity index (χ1v) is 7.19. The van der Waals surface area contributed by atoms with Gasteiger partial charge in [-0.1, -0.05) is 36.4 Å². The highest BCUT2D eigenvalue weighted by molar-refractivity contribution is 5.78. The summed E-state index contributed by atoms with van der Waals surface area (Å²) in [6.45, 7) is 2.10. The first-order chi connectivity index (χ1) is 10.6. The van der Waals surface area contributed by atoms with Crippen LogP contribution in [0.3, 0.4) is 0 Å². The molecule has 0 aliphatic carbocycles. The summed E-state index contributed by atoms with van der Waals surface area (Å²) in [5.41, 5.74) is 1.83. The Hall–Kier alpha value is -2.49. The topological polar surface area (TPSA) is 55.8 Å². The van der Waals surface area contributed by atoms with E-state index in [-0.39, 0.29) is 11.7 Å². The average Bonchev–Trinajstić information content (AvgIpc) is 2.55. The van der Waals surface area contributed by atoms with Gasteiger partial charge in [-0.3, -0.25) is 4.79 Å². The van der Waals surface area contributed by atoms with Crippen LogP contribution in [0.2, 0.25) is 0 Å². The third kappa shape index (κ3) is 4.01. The Balaban J connectivity index is 1.90. The summed E-state index contributed by atoms with van der Waals surface area (Å²) < 4.78 is 10.3. The van der Waals surface area contributed by atoms with Gasteiger partial charge in [-0.25, -0.2) is 0 Å². The van der Waals surface area contributed by atoms with Crippen molar-refractivity contribution in [3.05, 3.63) is 59.7 Å². The van der Waals surface area contributed by atoms with E-state index >= 15 is 0 Å². The molecule has 2 rings (SSSR count). The number of carbonyl (C=O) groups excluding carboxylic acids is 1. The molecule has 22 heavy (non-hydrogen) atoms. The zero-order chi connectivity index (χ0) is 15.9. The SMILES string of the molecule is COc1ccc(C(C)C(=O)OCCc2ccccc2)cc1O. The Morgan fingerprint density at radius 1 is 1.18 bits per heavy atom. The summed E-state index contributed by atoms with van der Waals surface area (Å²) in [5.74, 6) is -0.342. The Bertz CT molecular complexity index is 622. The normalized spacial score (nSPS) is 11.7. The maximum atomic E-state index is 12.1. The standard InChI is InChI=1S/C18H20O4/c1-13(15-8-9-17(21-2)16(19)12-15)18(20)22-11-10-14-6-4-3-5-7-14/h3-9,12-13,19H,10-11H2,1-2H3. The van der Waals surface area contributed by atoms with E-state index in [1.807, 2.05) is 30.3 Å². The van der Waals surface area contributed by atoms with Gasteiger partial charge in [0.2, 0.25) is 0 Å². The van der Waals surface area contributed by atoms with Crippen LogP contribution in [0.1, 0.15) is 24.0 Å². The lowest BCUT2D eigenvalue weighted by molar-refractivity contribution is -0.144. The molecule has 2 aromatic rings. The molecule has 0 bridgehead atoms. The van der Waals surface area contributed by atoms with Gasteiger partial charge in [-0.2, -0.15) is 0 Å². The lowest BCUT2D eigenvalue weighted by Crippen LogP contribution is -2.15. The van der Waals surface area contributed by atoms with Gasteiger partial charge in [0.1, 0.15) is 0 Å². The molecule has 116 valence electrons. The van der Waals surface area contributed by atoms with Crippen LogP contribution in [0.15, 0.2) is 48.5 Å². The number of ether oxygens (including phenoxy) is 2. The zero-order valence-corrected chi connectivity index (χ0v) is 12.8. The minimum absolute atomic E-state index is 0.0175. The Labute approximate surface area is 130 Å². The predicted octanol–water partition coefficient (Wildman–Crippen LogP) is 3.29. The van der Waals surface area contributed by atoms with E-state index in [1.54, 1.807) is 19.1 Å². The highest BCUT2D eigenvalue weighted by Gasteiger charge is 2.18. The van der Waals surface area contributed by atoms with Crippen molar-refractivity contribution in [1.82, 2.24) is 0 Å². The van der Waals surface area contributed by atoms with Crippen molar-refractivity contribution in [2.24, 2.45) is 0 Å². The molecule has 1 atom stereocenters. The van der Waals surface area contributed by atoms with Gasteiger partial charge in [0.25, 0.3) is 0 Å². The molecule has 0 fully saturated rings. The minimum atomic E-state index is -0.437. The first kappa shape index (κ1) is 15.9. The molecule has 1 N–H and O–H groups in total. The third-order valence-corrected chi connectivity index (χ3v) is 3.53. The summed E-state index contributed by atoms with van der Waals surface area (Å²) in [5, 5.41) is 9.77. The van der Waals surface area contributed by atoms with Gasteiger partial charge in [0.15, 0.2) is 11.5 Å². The molecular weight excluding hydrogens is 280 g/mol. The van der Waals surface area contributed by atoms with E-state index in [9.17, 15) is 9.90 Å². The van der Waals surface area contributed by atoms with Crippen LogP contribution >= 0.6 is 0 Å². The van der Waals surface area contributed by atoms with Crippen LogP contribution in [-0.2, 0) is 16.0 Å². The molecule has 0 aromatic heterocycles. The summed E-state index contributed by atoms with van der Waals surface area (Å²) in [4.78, 5) is 12.1. The van der Waals surface area contributed by atoms with Crippen molar-refractivity contribution in [1.29, 1.82) is 0 Å². The van der Waals surface area contributed by atoms with E-state index in [2.05, 4.69) is 0 Å². The number of rotatable bonds is 6. The maximum Gasteiger partial charge on any atom is 0.313 e. The van der Waals surface area contributed by atoms with Crippen LogP contribution in [-0.4, -0.2) is 24.8 Å². The number of hydrogen-bond donors (Lipinski definition) is 1. The Kier molecular flexibility index (Phi) is 5.42. The highest BCUT2D eigenvalue weighted by atomic mass is 16.5. The number of hydrogen-bond acceptors (Lipinski definition) is 4. The maximum absolute atomic E-state index is 12.1. The van der Waals surface area contributed by atoms with Crippen LogP contribution in [0.25, 0.3) is 0 Å². The first-order valence-electron chi connectivity index (χ1n) is 7.19. The molecule has 4 nitrogen and oxygen atoms in total. The number of benzene rings is 2. The van der Waals surface area contributed by atoms with E-state index in [0.29, 0.717) is 24.3 Å². The van der Waals surface area contributed by atoms with E-state index in [0.717, 1.165) is 5.56 Å². The zero-order valence-electron chi connectivity index (χ0n) is 12.8. The van der Waals surface area contributed by atoms with Crippen molar-refractivity contribution in [2.75, 3.05) is 13.7 Å². The van der Waals surface area contributed by atoms with Crippen LogP contribution in [0, 0.1) is 0 Å². The minimum Gasteiger partial charge on any atom is -0.504 e. The van der Waals surface area contributed by atoms with Gasteiger partial charge in [0, 0.05) is 6.42 Å². The van der Waals surface area contributed by atoms with Gasteiger partial charge < -0.3 is 14.6 Å². The van der Waals surface area contributed by atoms with Crippen molar-refractivity contribution < 1.29 is 19.4 Å². The molecular formula is C18H20O4. The van der Waals surface area contributed by atoms with Gasteiger partial charge in [-0.15, -0.1) is 0 Å². The second-order valence-electron chi connectivity index (χ2n) is 5.06. The average molecular weight is 300 g/mol. The van der Waals surface area contributed by atoms with E-state index in [4.69, 9.17) is 9.47 Å². The molecule has 1 unspecified atom stereocenters. The summed E-state index contributed by atoms with van der Waals surface area (Å²) in [6, 6.07) is 14.8. The van der Waals surface area contributed by atoms with E-state index in [1.165, 1.54) is 13.2 Å². The Morgan fingerprint density at radius 2 is 1.91 bits per heavy atom. The van der Waals surface area contributed by atoms with Crippen molar-refractivity contribution in [2.45, 2.75) is 19.3 Å². The molecule has 0 saturated carbocycles. The predicted molar refractivity (Wildman–Crippen MR) is 84.2 cm³/mol. The molecule has 0 radical (unpaired) electrons. The fourth-order valence-corrected chi connectivity index (χ4v) is 2.15. The van der Waals surface area contributed by atoms with Crippen LogP contribution in [0.5, 0.6) is 11.5 Å². The second kappa shape index (κ2) is 7.50. The Morgan fingerprint density at radius 3 is 2.55 bits per heavy atom. The van der Waals surface area contributed by atoms with Gasteiger partial charge >= 0.3 is 5.97 Å². The summed E-state index contributed by atoms with van der Waals surface area (Å²) in [7, 11) is 1.48. The molecule has 4 heteroatoms. The fraction of sp³-hybridized carbons (Fsp3) is 0.278. The lowest BCUT2D eigenvalue weighted by atomic mass is 10.0. The molecule has 0 heterocycles. The van der Waals surface area contributed by atoms with E-state index < -0.39 is 5.92 Å². The smallest absolute Gasteiger partial charge is 0.313 e. The summed E-state index contributed by atoms with van der Waals surface area (Å²) >= 11 is 0. The highest BCUT2D eigenvalue weighted by Crippen LogP contribution is 2.29. The quantitative estimate of drug-likeness (QED) is 0.832. The molecule has 0 aliphatic heterocycles. The number of esters is 1. The van der Waals surface area contributed by atoms with Crippen LogP contribution < -0.4 is 4.74 Å². The number of methoxy groups -OCH3 is 1. The van der Waals surface area contributed by atoms with Gasteiger partial charge in [0.05, 0.1) is 19.6 Å².